The Labute approximate surface area is 216 Å². The lowest BCUT2D eigenvalue weighted by molar-refractivity contribution is -0.143. The average Bonchev–Trinajstić information content (AvgIpc) is 3.31. The van der Waals surface area contributed by atoms with Crippen molar-refractivity contribution in [3.05, 3.63) is 18.2 Å². The Balaban J connectivity index is 2.99. The number of guanidine groups is 1. The lowest BCUT2D eigenvalue weighted by atomic mass is 9.99. The number of rotatable bonds is 16. The highest BCUT2D eigenvalue weighted by atomic mass is 16.4. The molecule has 1 aromatic rings. The second-order valence-corrected chi connectivity index (χ2v) is 9.66. The minimum absolute atomic E-state index is 0.0117. The van der Waals surface area contributed by atoms with Gasteiger partial charge in [0.25, 0.3) is 0 Å². The van der Waals surface area contributed by atoms with Crippen LogP contribution >= 0.6 is 0 Å². The quantitative estimate of drug-likeness (QED) is 0.0718. The Morgan fingerprint density at radius 3 is 2.16 bits per heavy atom. The number of carboxylic acids is 1. The van der Waals surface area contributed by atoms with Gasteiger partial charge in [0, 0.05) is 24.9 Å². The predicted octanol–water partition coefficient (Wildman–Crippen LogP) is -1.43. The molecular weight excluding hydrogens is 482 g/mol. The molecule has 0 aliphatic rings. The number of carbonyl (C=O) groups is 4. The Kier molecular flexibility index (Phi) is 13.1. The van der Waals surface area contributed by atoms with E-state index in [9.17, 15) is 24.3 Å². The average molecular weight is 524 g/mol. The van der Waals surface area contributed by atoms with Crippen molar-refractivity contribution in [3.63, 3.8) is 0 Å². The number of aromatic amines is 1. The summed E-state index contributed by atoms with van der Waals surface area (Å²) >= 11 is 0. The van der Waals surface area contributed by atoms with Crippen molar-refractivity contribution in [1.82, 2.24) is 25.9 Å². The van der Waals surface area contributed by atoms with E-state index in [0.717, 1.165) is 0 Å². The fourth-order valence-corrected chi connectivity index (χ4v) is 3.50. The van der Waals surface area contributed by atoms with Crippen LogP contribution in [0.2, 0.25) is 0 Å². The van der Waals surface area contributed by atoms with E-state index >= 15 is 0 Å². The first-order valence-corrected chi connectivity index (χ1v) is 12.2. The van der Waals surface area contributed by atoms with Crippen LogP contribution < -0.4 is 33.2 Å². The van der Waals surface area contributed by atoms with Gasteiger partial charge in [-0.15, -0.1) is 0 Å². The van der Waals surface area contributed by atoms with E-state index in [-0.39, 0.29) is 37.1 Å². The van der Waals surface area contributed by atoms with Gasteiger partial charge in [0.05, 0.1) is 12.4 Å². The van der Waals surface area contributed by atoms with Crippen molar-refractivity contribution in [2.75, 3.05) is 6.54 Å². The van der Waals surface area contributed by atoms with Crippen LogP contribution in [-0.4, -0.2) is 75.4 Å². The van der Waals surface area contributed by atoms with Crippen LogP contribution in [-0.2, 0) is 25.6 Å². The van der Waals surface area contributed by atoms with E-state index < -0.39 is 47.9 Å². The molecule has 14 nitrogen and oxygen atoms in total. The summed E-state index contributed by atoms with van der Waals surface area (Å²) in [4.78, 5) is 61.2. The van der Waals surface area contributed by atoms with Gasteiger partial charge in [-0.2, -0.15) is 0 Å². The number of hydrogen-bond donors (Lipinski definition) is 8. The first-order valence-electron chi connectivity index (χ1n) is 12.2. The number of nitrogens with one attached hydrogen (secondary N) is 4. The molecule has 1 aromatic heterocycles. The highest BCUT2D eigenvalue weighted by molar-refractivity contribution is 5.94. The van der Waals surface area contributed by atoms with Gasteiger partial charge in [-0.3, -0.25) is 19.4 Å². The molecule has 0 radical (unpaired) electrons. The molecule has 11 N–H and O–H groups in total. The minimum atomic E-state index is -1.17. The lowest BCUT2D eigenvalue weighted by Gasteiger charge is -2.26. The SMILES string of the molecule is CC(C)CC(NC(=O)C(Cc1cnc[nH]1)NC(=O)C(N)CCCN=C(N)N)C(=O)NC(C(=O)O)C(C)C. The molecule has 4 atom stereocenters. The van der Waals surface area contributed by atoms with Crippen molar-refractivity contribution in [2.24, 2.45) is 34.0 Å². The van der Waals surface area contributed by atoms with Crippen molar-refractivity contribution < 1.29 is 24.3 Å². The van der Waals surface area contributed by atoms with Gasteiger partial charge < -0.3 is 43.2 Å². The van der Waals surface area contributed by atoms with E-state index in [1.165, 1.54) is 12.5 Å². The zero-order valence-corrected chi connectivity index (χ0v) is 21.9. The predicted molar refractivity (Wildman–Crippen MR) is 138 cm³/mol. The normalized spacial score (nSPS) is 14.4. The van der Waals surface area contributed by atoms with Crippen molar-refractivity contribution in [2.45, 2.75) is 77.5 Å². The molecule has 0 aliphatic carbocycles. The van der Waals surface area contributed by atoms with E-state index in [2.05, 4.69) is 30.9 Å². The molecule has 4 unspecified atom stereocenters. The second kappa shape index (κ2) is 15.4. The number of carbonyl (C=O) groups excluding carboxylic acids is 3. The Hall–Kier alpha value is -3.68. The molecule has 37 heavy (non-hydrogen) atoms. The van der Waals surface area contributed by atoms with Crippen LogP contribution in [0.1, 0.15) is 52.7 Å². The molecule has 0 aliphatic heterocycles. The van der Waals surface area contributed by atoms with E-state index in [1.807, 2.05) is 13.8 Å². The molecule has 1 rings (SSSR count). The van der Waals surface area contributed by atoms with Gasteiger partial charge in [0.15, 0.2) is 5.96 Å². The molecule has 0 saturated carbocycles. The molecule has 0 saturated heterocycles. The molecule has 0 fully saturated rings. The maximum absolute atomic E-state index is 13.3. The van der Waals surface area contributed by atoms with E-state index in [1.54, 1.807) is 13.8 Å². The summed E-state index contributed by atoms with van der Waals surface area (Å²) in [5, 5.41) is 17.3. The van der Waals surface area contributed by atoms with Gasteiger partial charge in [0.1, 0.15) is 18.1 Å². The summed E-state index contributed by atoms with van der Waals surface area (Å²) in [6, 6.07) is -4.11. The lowest BCUT2D eigenvalue weighted by Crippen LogP contribution is -2.58. The van der Waals surface area contributed by atoms with Crippen LogP contribution in [0.15, 0.2) is 17.5 Å². The number of amides is 3. The fourth-order valence-electron chi connectivity index (χ4n) is 3.50. The molecule has 208 valence electrons. The first kappa shape index (κ1) is 31.4. The maximum atomic E-state index is 13.3. The monoisotopic (exact) mass is 523 g/mol. The van der Waals surface area contributed by atoms with Crippen LogP contribution in [0, 0.1) is 11.8 Å². The number of aromatic nitrogens is 2. The third-order valence-corrected chi connectivity index (χ3v) is 5.49. The highest BCUT2D eigenvalue weighted by Crippen LogP contribution is 2.09. The van der Waals surface area contributed by atoms with Crippen molar-refractivity contribution in [3.8, 4) is 0 Å². The number of hydrogen-bond acceptors (Lipinski definition) is 7. The molecule has 0 aromatic carbocycles. The van der Waals surface area contributed by atoms with Gasteiger partial charge in [-0.25, -0.2) is 9.78 Å². The summed E-state index contributed by atoms with van der Waals surface area (Å²) in [7, 11) is 0. The standard InChI is InChI=1S/C23H41N9O5/c1-12(2)8-16(21(35)32-18(13(3)4)22(36)37)31-20(34)17(9-14-10-27-11-29-14)30-19(33)15(24)6-5-7-28-23(25)26/h10-13,15-18H,5-9,24H2,1-4H3,(H,27,29)(H,30,33)(H,31,34)(H,32,35)(H,36,37)(H4,25,26,28). The minimum Gasteiger partial charge on any atom is -0.480 e. The number of aliphatic imine (C=N–C) groups is 1. The van der Waals surface area contributed by atoms with Crippen molar-refractivity contribution >= 4 is 29.7 Å². The van der Waals surface area contributed by atoms with Crippen LogP contribution in [0.4, 0.5) is 0 Å². The second-order valence-electron chi connectivity index (χ2n) is 9.66. The largest absolute Gasteiger partial charge is 0.480 e. The topological polar surface area (TPSA) is 244 Å². The van der Waals surface area contributed by atoms with Gasteiger partial charge in [0.2, 0.25) is 17.7 Å². The number of nitrogens with zero attached hydrogens (tertiary/aromatic N) is 2. The molecule has 0 spiro atoms. The summed E-state index contributed by atoms with van der Waals surface area (Å²) < 4.78 is 0. The number of nitrogens with two attached hydrogens (primary N) is 3. The number of imidazole rings is 1. The molecule has 0 bridgehead atoms. The van der Waals surface area contributed by atoms with E-state index in [0.29, 0.717) is 18.7 Å². The smallest absolute Gasteiger partial charge is 0.326 e. The summed E-state index contributed by atoms with van der Waals surface area (Å²) in [6.07, 6.45) is 4.02. The number of H-pyrrole nitrogens is 1. The Morgan fingerprint density at radius 2 is 1.65 bits per heavy atom. The molecule has 14 heteroatoms. The first-order chi connectivity index (χ1) is 17.3. The van der Waals surface area contributed by atoms with Crippen LogP contribution in [0.3, 0.4) is 0 Å². The highest BCUT2D eigenvalue weighted by Gasteiger charge is 2.32. The molecular formula is C23H41N9O5. The van der Waals surface area contributed by atoms with Crippen molar-refractivity contribution in [1.29, 1.82) is 0 Å². The zero-order valence-electron chi connectivity index (χ0n) is 21.9. The maximum Gasteiger partial charge on any atom is 0.326 e. The number of carboxylic acid groups (broad SMARTS) is 1. The van der Waals surface area contributed by atoms with E-state index in [4.69, 9.17) is 17.2 Å². The summed E-state index contributed by atoms with van der Waals surface area (Å²) in [5.41, 5.74) is 17.1. The fraction of sp³-hybridized carbons (Fsp3) is 0.652. The third-order valence-electron chi connectivity index (χ3n) is 5.49. The Bertz CT molecular complexity index is 914. The molecule has 3 amide bonds. The Morgan fingerprint density at radius 1 is 1.03 bits per heavy atom. The van der Waals surface area contributed by atoms with Crippen LogP contribution in [0.5, 0.6) is 0 Å². The zero-order chi connectivity index (χ0) is 28.1. The third kappa shape index (κ3) is 11.7. The van der Waals surface area contributed by atoms with Gasteiger partial charge >= 0.3 is 5.97 Å². The van der Waals surface area contributed by atoms with Gasteiger partial charge in [-0.1, -0.05) is 27.7 Å². The van der Waals surface area contributed by atoms with Crippen LogP contribution in [0.25, 0.3) is 0 Å². The summed E-state index contributed by atoms with van der Waals surface area (Å²) in [5.74, 6) is -3.37. The molecule has 1 heterocycles. The number of aliphatic carboxylic acids is 1. The van der Waals surface area contributed by atoms with Gasteiger partial charge in [-0.05, 0) is 31.1 Å². The summed E-state index contributed by atoms with van der Waals surface area (Å²) in [6.45, 7) is 7.39.